The van der Waals surface area contributed by atoms with Crippen molar-refractivity contribution < 1.29 is 4.74 Å². The lowest BCUT2D eigenvalue weighted by atomic mass is 9.81. The Balaban J connectivity index is 1.81. The van der Waals surface area contributed by atoms with Crippen molar-refractivity contribution >= 4 is 0 Å². The lowest BCUT2D eigenvalue weighted by molar-refractivity contribution is -0.00163. The van der Waals surface area contributed by atoms with Crippen molar-refractivity contribution in [3.8, 4) is 0 Å². The maximum Gasteiger partial charge on any atom is 0.0936 e. The van der Waals surface area contributed by atoms with E-state index in [1.165, 1.54) is 31.2 Å². The predicted octanol–water partition coefficient (Wildman–Crippen LogP) is 4.32. The Hall–Kier alpha value is -0.820. The van der Waals surface area contributed by atoms with Gasteiger partial charge in [-0.3, -0.25) is 0 Å². The van der Waals surface area contributed by atoms with Crippen LogP contribution in [-0.4, -0.2) is 6.61 Å². The Labute approximate surface area is 110 Å². The normalized spacial score (nSPS) is 28.5. The molecule has 96 valence electrons. The predicted molar refractivity (Wildman–Crippen MR) is 72.9 cm³/mol. The Morgan fingerprint density at radius 2 is 2.00 bits per heavy atom. The minimum Gasteiger partial charge on any atom is -0.370 e. The maximum absolute atomic E-state index is 6.23. The first-order valence-electron chi connectivity index (χ1n) is 7.48. The van der Waals surface area contributed by atoms with Crippen LogP contribution in [0.4, 0.5) is 0 Å². The summed E-state index contributed by atoms with van der Waals surface area (Å²) in [5.41, 5.74) is 4.81. The third kappa shape index (κ3) is 1.56. The van der Waals surface area contributed by atoms with Gasteiger partial charge in [-0.25, -0.2) is 0 Å². The fourth-order valence-electron chi connectivity index (χ4n) is 3.46. The molecule has 0 amide bonds. The molecule has 0 bridgehead atoms. The molecule has 1 aromatic carbocycles. The number of hydrogen-bond acceptors (Lipinski definition) is 1. The van der Waals surface area contributed by atoms with E-state index in [0.717, 1.165) is 12.5 Å². The van der Waals surface area contributed by atoms with Gasteiger partial charge >= 0.3 is 0 Å². The number of fused-ring (bicyclic) bond motifs is 2. The highest BCUT2D eigenvalue weighted by molar-refractivity contribution is 5.45. The van der Waals surface area contributed by atoms with Crippen LogP contribution >= 0.6 is 0 Å². The summed E-state index contributed by atoms with van der Waals surface area (Å²) in [4.78, 5) is 0. The summed E-state index contributed by atoms with van der Waals surface area (Å²) in [6, 6.07) is 7.28. The van der Waals surface area contributed by atoms with Gasteiger partial charge in [-0.15, -0.1) is 0 Å². The summed E-state index contributed by atoms with van der Waals surface area (Å²) in [6.45, 7) is 5.56. The largest absolute Gasteiger partial charge is 0.370 e. The van der Waals surface area contributed by atoms with Crippen molar-refractivity contribution in [1.29, 1.82) is 0 Å². The van der Waals surface area contributed by atoms with E-state index in [0.29, 0.717) is 11.8 Å². The zero-order valence-electron chi connectivity index (χ0n) is 11.4. The van der Waals surface area contributed by atoms with Gasteiger partial charge in [0.05, 0.1) is 12.2 Å². The van der Waals surface area contributed by atoms with Crippen LogP contribution < -0.4 is 0 Å². The number of hydrogen-bond donors (Lipinski definition) is 0. The van der Waals surface area contributed by atoms with Gasteiger partial charge in [0.2, 0.25) is 0 Å². The zero-order valence-corrected chi connectivity index (χ0v) is 11.4. The summed E-state index contributed by atoms with van der Waals surface area (Å²) in [5, 5.41) is 0. The summed E-state index contributed by atoms with van der Waals surface area (Å²) in [7, 11) is 0. The van der Waals surface area contributed by atoms with Gasteiger partial charge in [0.15, 0.2) is 0 Å². The summed E-state index contributed by atoms with van der Waals surface area (Å²) in [5.74, 6) is 2.12. The minimum absolute atomic E-state index is 0.131. The second-order valence-corrected chi connectivity index (χ2v) is 6.78. The van der Waals surface area contributed by atoms with Crippen molar-refractivity contribution in [2.24, 2.45) is 5.92 Å². The molecule has 2 saturated carbocycles. The van der Waals surface area contributed by atoms with Crippen LogP contribution in [0.1, 0.15) is 68.1 Å². The van der Waals surface area contributed by atoms with Gasteiger partial charge in [0.1, 0.15) is 0 Å². The van der Waals surface area contributed by atoms with E-state index >= 15 is 0 Å². The molecule has 1 aliphatic heterocycles. The van der Waals surface area contributed by atoms with Crippen molar-refractivity contribution in [3.63, 3.8) is 0 Å². The molecule has 1 aromatic rings. The first kappa shape index (κ1) is 11.0. The van der Waals surface area contributed by atoms with Crippen LogP contribution in [0, 0.1) is 5.92 Å². The molecule has 1 spiro atoms. The fraction of sp³-hybridized carbons (Fsp3) is 0.647. The van der Waals surface area contributed by atoms with Crippen LogP contribution in [0.25, 0.3) is 0 Å². The van der Waals surface area contributed by atoms with Crippen LogP contribution in [0.2, 0.25) is 0 Å². The highest BCUT2D eigenvalue weighted by atomic mass is 16.5. The molecule has 0 saturated heterocycles. The van der Waals surface area contributed by atoms with E-state index in [2.05, 4.69) is 32.0 Å². The molecule has 1 nitrogen and oxygen atoms in total. The lowest BCUT2D eigenvalue weighted by Gasteiger charge is -2.34. The molecule has 3 aliphatic rings. The van der Waals surface area contributed by atoms with E-state index in [4.69, 9.17) is 4.74 Å². The Bertz CT molecular complexity index is 480. The standard InChI is InChI=1S/C17H22O/c1-11(2)15-10-18-17(7-8-17)16-9-13(12-3-4-12)5-6-14(15)16/h5-6,9,11-12,15H,3-4,7-8,10H2,1-2H3/t15-/m0/s1. The summed E-state index contributed by atoms with van der Waals surface area (Å²) >= 11 is 0. The molecule has 18 heavy (non-hydrogen) atoms. The van der Waals surface area contributed by atoms with Crippen LogP contribution in [0.15, 0.2) is 18.2 Å². The molecule has 2 aliphatic carbocycles. The maximum atomic E-state index is 6.23. The van der Waals surface area contributed by atoms with E-state index in [1.807, 2.05) is 0 Å². The first-order valence-corrected chi connectivity index (χ1v) is 7.48. The van der Waals surface area contributed by atoms with E-state index in [9.17, 15) is 0 Å². The van der Waals surface area contributed by atoms with Gasteiger partial charge in [0, 0.05) is 5.92 Å². The number of ether oxygens (including phenoxy) is 1. The number of rotatable bonds is 2. The van der Waals surface area contributed by atoms with E-state index in [1.54, 1.807) is 11.1 Å². The Kier molecular flexibility index (Phi) is 2.21. The van der Waals surface area contributed by atoms with E-state index < -0.39 is 0 Å². The van der Waals surface area contributed by atoms with Gasteiger partial charge in [-0.2, -0.15) is 0 Å². The molecule has 0 N–H and O–H groups in total. The third-order valence-corrected chi connectivity index (χ3v) is 5.06. The van der Waals surface area contributed by atoms with E-state index in [-0.39, 0.29) is 5.60 Å². The average Bonchev–Trinajstić information content (AvgIpc) is 3.24. The second-order valence-electron chi connectivity index (χ2n) is 6.78. The molecule has 1 heterocycles. The van der Waals surface area contributed by atoms with Crippen LogP contribution in [-0.2, 0) is 10.3 Å². The molecular formula is C17H22O. The SMILES string of the molecule is CC(C)[C@@H]1COC2(CC2)c2cc(C3CC3)ccc21. The zero-order chi connectivity index (χ0) is 12.3. The first-order chi connectivity index (χ1) is 8.70. The average molecular weight is 242 g/mol. The molecule has 4 rings (SSSR count). The van der Waals surface area contributed by atoms with Gasteiger partial charge in [-0.05, 0) is 54.2 Å². The smallest absolute Gasteiger partial charge is 0.0936 e. The third-order valence-electron chi connectivity index (χ3n) is 5.06. The molecule has 0 unspecified atom stereocenters. The minimum atomic E-state index is 0.131. The van der Waals surface area contributed by atoms with Crippen molar-refractivity contribution in [2.75, 3.05) is 6.61 Å². The van der Waals surface area contributed by atoms with Crippen LogP contribution in [0.3, 0.4) is 0 Å². The van der Waals surface area contributed by atoms with Gasteiger partial charge in [0.25, 0.3) is 0 Å². The molecule has 0 aromatic heterocycles. The van der Waals surface area contributed by atoms with Crippen molar-refractivity contribution in [2.45, 2.75) is 57.0 Å². The van der Waals surface area contributed by atoms with Crippen molar-refractivity contribution in [1.82, 2.24) is 0 Å². The topological polar surface area (TPSA) is 9.23 Å². The van der Waals surface area contributed by atoms with Gasteiger partial charge < -0.3 is 4.74 Å². The Morgan fingerprint density at radius 1 is 1.22 bits per heavy atom. The van der Waals surface area contributed by atoms with Crippen molar-refractivity contribution in [3.05, 3.63) is 34.9 Å². The molecule has 1 heteroatoms. The Morgan fingerprint density at radius 3 is 2.61 bits per heavy atom. The number of benzene rings is 1. The second kappa shape index (κ2) is 3.60. The molecule has 0 radical (unpaired) electrons. The van der Waals surface area contributed by atoms with Crippen LogP contribution in [0.5, 0.6) is 0 Å². The summed E-state index contributed by atoms with van der Waals surface area (Å²) < 4.78 is 6.23. The molecule has 1 atom stereocenters. The fourth-order valence-corrected chi connectivity index (χ4v) is 3.46. The highest BCUT2D eigenvalue weighted by Gasteiger charge is 2.51. The quantitative estimate of drug-likeness (QED) is 0.750. The molecular weight excluding hydrogens is 220 g/mol. The highest BCUT2D eigenvalue weighted by Crippen LogP contribution is 2.56. The van der Waals surface area contributed by atoms with Gasteiger partial charge in [-0.1, -0.05) is 32.0 Å². The summed E-state index contributed by atoms with van der Waals surface area (Å²) in [6.07, 6.45) is 5.25. The monoisotopic (exact) mass is 242 g/mol. The lowest BCUT2D eigenvalue weighted by Crippen LogP contribution is -2.29. The molecule has 2 fully saturated rings.